The number of carbonyl (C=O) groups is 1. The number of nitrogens with zero attached hydrogens (tertiary/aromatic N) is 2. The average molecular weight is 215 g/mol. The lowest BCUT2D eigenvalue weighted by Gasteiger charge is -2.03. The minimum absolute atomic E-state index is 0. The Bertz CT molecular complexity index is 227. The molecule has 1 aliphatic rings. The molecule has 0 radical (unpaired) electrons. The van der Waals surface area contributed by atoms with Gasteiger partial charge in [-0.2, -0.15) is 0 Å². The first-order chi connectivity index (χ1) is 6.30. The van der Waals surface area contributed by atoms with E-state index in [0.717, 1.165) is 19.4 Å². The van der Waals surface area contributed by atoms with Crippen LogP contribution in [0.5, 0.6) is 0 Å². The fraction of sp³-hybridized carbons (Fsp3) is 0.400. The number of carbonyl (C=O) groups excluding carboxylic acids is 1. The van der Waals surface area contributed by atoms with Crippen LogP contribution in [0, 0.1) is 0 Å². The highest BCUT2D eigenvalue weighted by atomic mass is 35.5. The Balaban J connectivity index is 0.000000227. The lowest BCUT2D eigenvalue weighted by Crippen LogP contribution is -2.17. The summed E-state index contributed by atoms with van der Waals surface area (Å²) < 4.78 is 0. The van der Waals surface area contributed by atoms with Gasteiger partial charge in [-0.3, -0.25) is 9.78 Å². The lowest BCUT2D eigenvalue weighted by molar-refractivity contribution is -0.126. The van der Waals surface area contributed by atoms with Crippen molar-refractivity contribution >= 4 is 18.3 Å². The van der Waals surface area contributed by atoms with Crippen molar-refractivity contribution in [3.63, 3.8) is 0 Å². The number of hydrogen-bond donors (Lipinski definition) is 0. The Hall–Kier alpha value is -1.09. The fourth-order valence-electron chi connectivity index (χ4n) is 1.10. The molecule has 0 unspecified atom stereocenters. The molecule has 0 N–H and O–H groups in total. The van der Waals surface area contributed by atoms with Crippen LogP contribution in [-0.2, 0) is 4.79 Å². The van der Waals surface area contributed by atoms with Gasteiger partial charge < -0.3 is 4.90 Å². The van der Waals surface area contributed by atoms with Gasteiger partial charge in [-0.25, -0.2) is 0 Å². The number of pyridine rings is 1. The number of amides is 1. The van der Waals surface area contributed by atoms with E-state index in [0.29, 0.717) is 5.91 Å². The van der Waals surface area contributed by atoms with Crippen LogP contribution in [0.1, 0.15) is 12.8 Å². The molecule has 1 aromatic heterocycles. The summed E-state index contributed by atoms with van der Waals surface area (Å²) in [4.78, 5) is 16.0. The quantitative estimate of drug-likeness (QED) is 0.659. The van der Waals surface area contributed by atoms with Gasteiger partial charge in [0.15, 0.2) is 0 Å². The summed E-state index contributed by atoms with van der Waals surface area (Å²) in [6.45, 7) is 0.957. The summed E-state index contributed by atoms with van der Waals surface area (Å²) in [5.41, 5.74) is 0. The minimum Gasteiger partial charge on any atom is -0.346 e. The van der Waals surface area contributed by atoms with Crippen molar-refractivity contribution in [1.82, 2.24) is 9.88 Å². The molecule has 0 saturated carbocycles. The van der Waals surface area contributed by atoms with Crippen molar-refractivity contribution < 1.29 is 4.79 Å². The SMILES string of the molecule is CN1CCCC1=O.Cl.c1ccncc1. The van der Waals surface area contributed by atoms with E-state index in [1.165, 1.54) is 0 Å². The van der Waals surface area contributed by atoms with Crippen LogP contribution in [0.2, 0.25) is 0 Å². The molecule has 0 spiro atoms. The van der Waals surface area contributed by atoms with Crippen LogP contribution in [0.4, 0.5) is 0 Å². The third-order valence-corrected chi connectivity index (χ3v) is 1.88. The lowest BCUT2D eigenvalue weighted by atomic mass is 10.4. The zero-order chi connectivity index (χ0) is 9.52. The summed E-state index contributed by atoms with van der Waals surface area (Å²) in [6, 6.07) is 5.72. The highest BCUT2D eigenvalue weighted by Crippen LogP contribution is 2.04. The smallest absolute Gasteiger partial charge is 0.222 e. The van der Waals surface area contributed by atoms with Gasteiger partial charge in [-0.05, 0) is 18.6 Å². The Kier molecular flexibility index (Phi) is 6.76. The van der Waals surface area contributed by atoms with E-state index < -0.39 is 0 Å². The van der Waals surface area contributed by atoms with Crippen LogP contribution >= 0.6 is 12.4 Å². The van der Waals surface area contributed by atoms with E-state index in [1.54, 1.807) is 17.3 Å². The Labute approximate surface area is 90.6 Å². The molecule has 1 saturated heterocycles. The summed E-state index contributed by atoms with van der Waals surface area (Å²) in [5, 5.41) is 0. The molecule has 1 aromatic rings. The molecule has 1 aliphatic heterocycles. The molecule has 3 nitrogen and oxygen atoms in total. The van der Waals surface area contributed by atoms with Gasteiger partial charge in [0.1, 0.15) is 0 Å². The van der Waals surface area contributed by atoms with Gasteiger partial charge in [0, 0.05) is 32.4 Å². The molecule has 2 rings (SSSR count). The molecule has 14 heavy (non-hydrogen) atoms. The maximum atomic E-state index is 10.5. The average Bonchev–Trinajstić information content (AvgIpc) is 2.55. The fourth-order valence-corrected chi connectivity index (χ4v) is 1.10. The molecule has 0 aliphatic carbocycles. The largest absolute Gasteiger partial charge is 0.346 e. The van der Waals surface area contributed by atoms with E-state index in [-0.39, 0.29) is 12.4 Å². The number of aromatic nitrogens is 1. The summed E-state index contributed by atoms with van der Waals surface area (Å²) in [7, 11) is 1.84. The van der Waals surface area contributed by atoms with Gasteiger partial charge in [-0.15, -0.1) is 12.4 Å². The van der Waals surface area contributed by atoms with Gasteiger partial charge in [0.05, 0.1) is 0 Å². The van der Waals surface area contributed by atoms with Crippen molar-refractivity contribution in [2.24, 2.45) is 0 Å². The van der Waals surface area contributed by atoms with Crippen molar-refractivity contribution in [3.8, 4) is 0 Å². The zero-order valence-electron chi connectivity index (χ0n) is 8.22. The normalized spacial score (nSPS) is 14.1. The standard InChI is InChI=1S/C5H9NO.C5H5N.ClH/c1-6-4-2-3-5(6)7;1-2-4-6-5-3-1;/h2-4H2,1H3;1-5H;1H. The molecule has 0 atom stereocenters. The molecule has 0 bridgehead atoms. The van der Waals surface area contributed by atoms with Crippen molar-refractivity contribution in [2.75, 3.05) is 13.6 Å². The number of halogens is 1. The predicted octanol–water partition coefficient (Wildman–Crippen LogP) is 1.74. The molecule has 1 fully saturated rings. The summed E-state index contributed by atoms with van der Waals surface area (Å²) in [6.07, 6.45) is 5.31. The van der Waals surface area contributed by atoms with Crippen molar-refractivity contribution in [1.29, 1.82) is 0 Å². The van der Waals surface area contributed by atoms with Crippen molar-refractivity contribution in [2.45, 2.75) is 12.8 Å². The molecule has 4 heteroatoms. The third kappa shape index (κ3) is 4.82. The Morgan fingerprint density at radius 1 is 1.29 bits per heavy atom. The maximum absolute atomic E-state index is 10.5. The monoisotopic (exact) mass is 214 g/mol. The molecular weight excluding hydrogens is 200 g/mol. The van der Waals surface area contributed by atoms with Crippen LogP contribution in [0.3, 0.4) is 0 Å². The first-order valence-electron chi connectivity index (χ1n) is 4.39. The van der Waals surface area contributed by atoms with Crippen LogP contribution in [-0.4, -0.2) is 29.4 Å². The van der Waals surface area contributed by atoms with Gasteiger partial charge in [-0.1, -0.05) is 6.07 Å². The molecule has 2 heterocycles. The zero-order valence-corrected chi connectivity index (χ0v) is 9.04. The molecule has 1 amide bonds. The van der Waals surface area contributed by atoms with Crippen LogP contribution in [0.15, 0.2) is 30.6 Å². The molecule has 0 aromatic carbocycles. The Morgan fingerprint density at radius 2 is 1.93 bits per heavy atom. The minimum atomic E-state index is 0. The third-order valence-electron chi connectivity index (χ3n) is 1.88. The van der Waals surface area contributed by atoms with E-state index >= 15 is 0 Å². The number of likely N-dealkylation sites (tertiary alicyclic amines) is 1. The van der Waals surface area contributed by atoms with Gasteiger partial charge >= 0.3 is 0 Å². The highest BCUT2D eigenvalue weighted by molar-refractivity contribution is 5.85. The van der Waals surface area contributed by atoms with Crippen LogP contribution in [0.25, 0.3) is 0 Å². The van der Waals surface area contributed by atoms with E-state index in [9.17, 15) is 4.79 Å². The van der Waals surface area contributed by atoms with E-state index in [1.807, 2.05) is 25.2 Å². The summed E-state index contributed by atoms with van der Waals surface area (Å²) in [5.74, 6) is 0.292. The van der Waals surface area contributed by atoms with Gasteiger partial charge in [0.2, 0.25) is 5.91 Å². The van der Waals surface area contributed by atoms with E-state index in [4.69, 9.17) is 0 Å². The van der Waals surface area contributed by atoms with Crippen LogP contribution < -0.4 is 0 Å². The highest BCUT2D eigenvalue weighted by Gasteiger charge is 2.14. The second-order valence-corrected chi connectivity index (χ2v) is 2.94. The first kappa shape index (κ1) is 12.9. The predicted molar refractivity (Wildman–Crippen MR) is 58.4 cm³/mol. The Morgan fingerprint density at radius 3 is 2.07 bits per heavy atom. The number of rotatable bonds is 0. The number of hydrogen-bond acceptors (Lipinski definition) is 2. The summed E-state index contributed by atoms with van der Waals surface area (Å²) >= 11 is 0. The van der Waals surface area contributed by atoms with E-state index in [2.05, 4.69) is 4.98 Å². The topological polar surface area (TPSA) is 33.2 Å². The van der Waals surface area contributed by atoms with Crippen molar-refractivity contribution in [3.05, 3.63) is 30.6 Å². The second-order valence-electron chi connectivity index (χ2n) is 2.94. The maximum Gasteiger partial charge on any atom is 0.222 e. The second kappa shape index (κ2) is 7.33. The first-order valence-corrected chi connectivity index (χ1v) is 4.39. The molecular formula is C10H15ClN2O. The molecule has 78 valence electrons. The van der Waals surface area contributed by atoms with Gasteiger partial charge in [0.25, 0.3) is 0 Å².